The third-order valence-corrected chi connectivity index (χ3v) is 4.53. The van der Waals surface area contributed by atoms with E-state index in [4.69, 9.17) is 9.26 Å². The van der Waals surface area contributed by atoms with Crippen molar-refractivity contribution in [3.05, 3.63) is 47.3 Å². The summed E-state index contributed by atoms with van der Waals surface area (Å²) in [7, 11) is 1.67. The minimum atomic E-state index is 0.0177. The number of likely N-dealkylation sites (tertiary alicyclic amines) is 1. The number of carbonyl (C=O) groups excluding carboxylic acids is 1. The van der Waals surface area contributed by atoms with Gasteiger partial charge in [0.25, 0.3) is 5.91 Å². The predicted molar refractivity (Wildman–Crippen MR) is 86.7 cm³/mol. The van der Waals surface area contributed by atoms with Gasteiger partial charge in [0.05, 0.1) is 13.3 Å². The SMILES string of the molecule is COc1ccc(C2CCCCN(C(=O)c3cnoc3C)C2)cc1. The molecule has 5 heteroatoms. The topological polar surface area (TPSA) is 55.6 Å². The van der Waals surface area contributed by atoms with Crippen LogP contribution >= 0.6 is 0 Å². The number of hydrogen-bond donors (Lipinski definition) is 0. The summed E-state index contributed by atoms with van der Waals surface area (Å²) in [6.07, 6.45) is 4.77. The molecule has 1 fully saturated rings. The Bertz CT molecular complexity index is 663. The van der Waals surface area contributed by atoms with Gasteiger partial charge in [0, 0.05) is 19.0 Å². The largest absolute Gasteiger partial charge is 0.497 e. The summed E-state index contributed by atoms with van der Waals surface area (Å²) in [6, 6.07) is 8.16. The van der Waals surface area contributed by atoms with Gasteiger partial charge in [0.15, 0.2) is 0 Å². The smallest absolute Gasteiger partial charge is 0.259 e. The average Bonchev–Trinajstić information content (AvgIpc) is 2.86. The van der Waals surface area contributed by atoms with Gasteiger partial charge in [-0.2, -0.15) is 0 Å². The third kappa shape index (κ3) is 3.38. The summed E-state index contributed by atoms with van der Waals surface area (Å²) in [6.45, 7) is 3.30. The van der Waals surface area contributed by atoms with Crippen LogP contribution in [0.5, 0.6) is 5.75 Å². The maximum Gasteiger partial charge on any atom is 0.259 e. The fourth-order valence-electron chi connectivity index (χ4n) is 3.15. The van der Waals surface area contributed by atoms with Crippen molar-refractivity contribution in [3.63, 3.8) is 0 Å². The molecule has 1 unspecified atom stereocenters. The minimum absolute atomic E-state index is 0.0177. The molecule has 23 heavy (non-hydrogen) atoms. The Morgan fingerprint density at radius 2 is 2.09 bits per heavy atom. The van der Waals surface area contributed by atoms with Gasteiger partial charge < -0.3 is 14.2 Å². The van der Waals surface area contributed by atoms with Crippen molar-refractivity contribution in [2.24, 2.45) is 0 Å². The van der Waals surface area contributed by atoms with Crippen LogP contribution in [-0.4, -0.2) is 36.2 Å². The van der Waals surface area contributed by atoms with Gasteiger partial charge in [0.2, 0.25) is 0 Å². The Balaban J connectivity index is 1.77. The van der Waals surface area contributed by atoms with E-state index in [9.17, 15) is 4.79 Å². The van der Waals surface area contributed by atoms with Crippen molar-refractivity contribution in [2.45, 2.75) is 32.1 Å². The average molecular weight is 314 g/mol. The highest BCUT2D eigenvalue weighted by Gasteiger charge is 2.26. The van der Waals surface area contributed by atoms with Crippen LogP contribution in [0.2, 0.25) is 0 Å². The zero-order valence-corrected chi connectivity index (χ0v) is 13.6. The van der Waals surface area contributed by atoms with Crippen molar-refractivity contribution in [1.82, 2.24) is 10.1 Å². The summed E-state index contributed by atoms with van der Waals surface area (Å²) in [5.74, 6) is 1.81. The van der Waals surface area contributed by atoms with Crippen LogP contribution < -0.4 is 4.74 Å². The number of ether oxygens (including phenoxy) is 1. The fourth-order valence-corrected chi connectivity index (χ4v) is 3.15. The fraction of sp³-hybridized carbons (Fsp3) is 0.444. The van der Waals surface area contributed by atoms with Crippen molar-refractivity contribution < 1.29 is 14.1 Å². The quantitative estimate of drug-likeness (QED) is 0.871. The van der Waals surface area contributed by atoms with E-state index >= 15 is 0 Å². The molecule has 1 aromatic carbocycles. The molecule has 0 aliphatic carbocycles. The molecule has 0 N–H and O–H groups in total. The van der Waals surface area contributed by atoms with Crippen molar-refractivity contribution in [3.8, 4) is 5.75 Å². The molecule has 2 heterocycles. The van der Waals surface area contributed by atoms with E-state index in [1.807, 2.05) is 17.0 Å². The van der Waals surface area contributed by atoms with Crippen LogP contribution in [0.3, 0.4) is 0 Å². The Labute approximate surface area is 136 Å². The first-order chi connectivity index (χ1) is 11.2. The molecule has 1 saturated heterocycles. The normalized spacial score (nSPS) is 18.5. The minimum Gasteiger partial charge on any atom is -0.497 e. The number of amides is 1. The van der Waals surface area contributed by atoms with Gasteiger partial charge in [-0.1, -0.05) is 23.7 Å². The summed E-state index contributed by atoms with van der Waals surface area (Å²) < 4.78 is 10.3. The number of methoxy groups -OCH3 is 1. The molecule has 5 nitrogen and oxygen atoms in total. The first-order valence-electron chi connectivity index (χ1n) is 8.03. The summed E-state index contributed by atoms with van der Waals surface area (Å²) in [4.78, 5) is 14.6. The lowest BCUT2D eigenvalue weighted by molar-refractivity contribution is 0.0752. The molecule has 1 aromatic heterocycles. The Morgan fingerprint density at radius 3 is 2.74 bits per heavy atom. The van der Waals surface area contributed by atoms with Gasteiger partial charge in [-0.3, -0.25) is 4.79 Å². The van der Waals surface area contributed by atoms with Gasteiger partial charge in [-0.15, -0.1) is 0 Å². The Hall–Kier alpha value is -2.30. The number of nitrogens with zero attached hydrogens (tertiary/aromatic N) is 2. The van der Waals surface area contributed by atoms with Crippen LogP contribution in [-0.2, 0) is 0 Å². The standard InChI is InChI=1S/C18H22N2O3/c1-13-17(11-19-23-13)18(21)20-10-4-3-5-15(12-20)14-6-8-16(22-2)9-7-14/h6-9,11,15H,3-5,10,12H2,1-2H3. The van der Waals surface area contributed by atoms with Crippen LogP contribution in [0, 0.1) is 6.92 Å². The lowest BCUT2D eigenvalue weighted by Crippen LogP contribution is -2.34. The molecule has 2 aromatic rings. The lowest BCUT2D eigenvalue weighted by atomic mass is 9.94. The summed E-state index contributed by atoms with van der Waals surface area (Å²) >= 11 is 0. The first kappa shape index (κ1) is 15.6. The van der Waals surface area contributed by atoms with E-state index in [0.29, 0.717) is 17.2 Å². The van der Waals surface area contributed by atoms with Crippen molar-refractivity contribution in [2.75, 3.05) is 20.2 Å². The second kappa shape index (κ2) is 6.86. The second-order valence-electron chi connectivity index (χ2n) is 6.01. The predicted octanol–water partition coefficient (Wildman–Crippen LogP) is 3.40. The first-order valence-corrected chi connectivity index (χ1v) is 8.03. The van der Waals surface area contributed by atoms with E-state index in [0.717, 1.165) is 38.1 Å². The molecular weight excluding hydrogens is 292 g/mol. The van der Waals surface area contributed by atoms with Gasteiger partial charge in [0.1, 0.15) is 17.1 Å². The molecular formula is C18H22N2O3. The highest BCUT2D eigenvalue weighted by atomic mass is 16.5. The number of hydrogen-bond acceptors (Lipinski definition) is 4. The van der Waals surface area contributed by atoms with Crippen LogP contribution in [0.1, 0.15) is 46.9 Å². The zero-order chi connectivity index (χ0) is 16.2. The number of aryl methyl sites for hydroxylation is 1. The van der Waals surface area contributed by atoms with E-state index in [1.54, 1.807) is 14.0 Å². The number of carbonyl (C=O) groups is 1. The number of benzene rings is 1. The summed E-state index contributed by atoms with van der Waals surface area (Å²) in [5.41, 5.74) is 1.83. The molecule has 0 bridgehead atoms. The Kier molecular flexibility index (Phi) is 4.65. The highest BCUT2D eigenvalue weighted by Crippen LogP contribution is 2.28. The van der Waals surface area contributed by atoms with Crippen LogP contribution in [0.4, 0.5) is 0 Å². The molecule has 1 atom stereocenters. The number of rotatable bonds is 3. The molecule has 1 aliphatic rings. The van der Waals surface area contributed by atoms with E-state index in [1.165, 1.54) is 11.8 Å². The Morgan fingerprint density at radius 1 is 1.30 bits per heavy atom. The number of aromatic nitrogens is 1. The molecule has 0 saturated carbocycles. The van der Waals surface area contributed by atoms with Crippen LogP contribution in [0.15, 0.2) is 35.0 Å². The third-order valence-electron chi connectivity index (χ3n) is 4.53. The second-order valence-corrected chi connectivity index (χ2v) is 6.01. The lowest BCUT2D eigenvalue weighted by Gasteiger charge is -2.24. The van der Waals surface area contributed by atoms with Gasteiger partial charge >= 0.3 is 0 Å². The zero-order valence-electron chi connectivity index (χ0n) is 13.6. The monoisotopic (exact) mass is 314 g/mol. The van der Waals surface area contributed by atoms with Gasteiger partial charge in [-0.25, -0.2) is 0 Å². The molecule has 122 valence electrons. The molecule has 1 aliphatic heterocycles. The highest BCUT2D eigenvalue weighted by molar-refractivity contribution is 5.94. The van der Waals surface area contributed by atoms with E-state index in [-0.39, 0.29) is 5.91 Å². The van der Waals surface area contributed by atoms with Crippen molar-refractivity contribution >= 4 is 5.91 Å². The molecule has 1 amide bonds. The van der Waals surface area contributed by atoms with E-state index in [2.05, 4.69) is 17.3 Å². The van der Waals surface area contributed by atoms with Gasteiger partial charge in [-0.05, 0) is 37.5 Å². The van der Waals surface area contributed by atoms with Crippen LogP contribution in [0.25, 0.3) is 0 Å². The van der Waals surface area contributed by atoms with E-state index < -0.39 is 0 Å². The molecule has 0 spiro atoms. The maximum absolute atomic E-state index is 12.7. The molecule has 3 rings (SSSR count). The summed E-state index contributed by atoms with van der Waals surface area (Å²) in [5, 5.41) is 3.72. The maximum atomic E-state index is 12.7. The molecule has 0 radical (unpaired) electrons. The van der Waals surface area contributed by atoms with Crippen molar-refractivity contribution in [1.29, 1.82) is 0 Å².